The van der Waals surface area contributed by atoms with Crippen LogP contribution < -0.4 is 20.1 Å². The van der Waals surface area contributed by atoms with Crippen molar-refractivity contribution in [2.75, 3.05) is 26.1 Å². The summed E-state index contributed by atoms with van der Waals surface area (Å²) >= 11 is 0. The monoisotopic (exact) mass is 344 g/mol. The molecule has 0 aliphatic heterocycles. The molecule has 0 aliphatic rings. The first kappa shape index (κ1) is 18.5. The molecule has 1 heterocycles. The van der Waals surface area contributed by atoms with Crippen LogP contribution in [0.2, 0.25) is 0 Å². The number of aryl methyl sites for hydroxylation is 1. The Labute approximate surface area is 147 Å². The topological polar surface area (TPSA) is 85.4 Å². The van der Waals surface area contributed by atoms with Crippen LogP contribution in [-0.4, -0.2) is 36.6 Å². The van der Waals surface area contributed by atoms with E-state index in [-0.39, 0.29) is 5.91 Å². The summed E-state index contributed by atoms with van der Waals surface area (Å²) < 4.78 is 10.5. The zero-order valence-electron chi connectivity index (χ0n) is 15.0. The van der Waals surface area contributed by atoms with E-state index in [9.17, 15) is 4.79 Å². The minimum Gasteiger partial charge on any atom is -0.493 e. The van der Waals surface area contributed by atoms with Gasteiger partial charge in [0.25, 0.3) is 5.91 Å². The van der Waals surface area contributed by atoms with Gasteiger partial charge < -0.3 is 20.1 Å². The zero-order chi connectivity index (χ0) is 18.2. The maximum atomic E-state index is 12.2. The first-order chi connectivity index (χ1) is 12.1. The molecule has 0 saturated heterocycles. The van der Waals surface area contributed by atoms with Gasteiger partial charge in [0.15, 0.2) is 11.5 Å². The largest absolute Gasteiger partial charge is 0.493 e. The molecule has 7 heteroatoms. The Bertz CT molecular complexity index is 734. The summed E-state index contributed by atoms with van der Waals surface area (Å²) in [7, 11) is 3.15. The van der Waals surface area contributed by atoms with E-state index in [4.69, 9.17) is 9.47 Å². The Kier molecular flexibility index (Phi) is 6.56. The van der Waals surface area contributed by atoms with Gasteiger partial charge in [0.1, 0.15) is 5.69 Å². The molecule has 0 bridgehead atoms. The summed E-state index contributed by atoms with van der Waals surface area (Å²) in [5, 5.41) is 5.95. The van der Waals surface area contributed by atoms with Gasteiger partial charge in [0.05, 0.1) is 14.2 Å². The molecule has 2 aromatic rings. The molecule has 0 spiro atoms. The molecule has 0 saturated carbocycles. The fraction of sp³-hybridized carbons (Fsp3) is 0.389. The van der Waals surface area contributed by atoms with Crippen molar-refractivity contribution < 1.29 is 14.3 Å². The summed E-state index contributed by atoms with van der Waals surface area (Å²) in [5.74, 6) is 1.38. The second kappa shape index (κ2) is 8.86. The highest BCUT2D eigenvalue weighted by atomic mass is 16.5. The van der Waals surface area contributed by atoms with E-state index in [0.717, 1.165) is 18.5 Å². The number of carbonyl (C=O) groups excluding carboxylic acids is 1. The van der Waals surface area contributed by atoms with E-state index in [1.165, 1.54) is 0 Å². The van der Waals surface area contributed by atoms with Gasteiger partial charge in [-0.3, -0.25) is 4.79 Å². The summed E-state index contributed by atoms with van der Waals surface area (Å²) in [6, 6.07) is 7.07. The number of ether oxygens (including phenoxy) is 2. The SMILES string of the molecule is CCCCNC(=O)c1cc(C)nc(Nc2ccc(OC)c(OC)c2)n1. The molecule has 0 radical (unpaired) electrons. The molecule has 1 amide bonds. The summed E-state index contributed by atoms with van der Waals surface area (Å²) in [5.41, 5.74) is 1.78. The molecule has 1 aromatic carbocycles. The van der Waals surface area contributed by atoms with E-state index in [1.807, 2.05) is 13.0 Å². The van der Waals surface area contributed by atoms with Crippen molar-refractivity contribution in [1.29, 1.82) is 0 Å². The minimum atomic E-state index is -0.200. The van der Waals surface area contributed by atoms with E-state index in [2.05, 4.69) is 27.5 Å². The number of carbonyl (C=O) groups is 1. The number of nitrogens with zero attached hydrogens (tertiary/aromatic N) is 2. The highest BCUT2D eigenvalue weighted by molar-refractivity contribution is 5.92. The lowest BCUT2D eigenvalue weighted by molar-refractivity contribution is 0.0948. The smallest absolute Gasteiger partial charge is 0.270 e. The molecule has 0 unspecified atom stereocenters. The number of hydrogen-bond donors (Lipinski definition) is 2. The molecule has 0 aliphatic carbocycles. The molecule has 25 heavy (non-hydrogen) atoms. The Morgan fingerprint density at radius 3 is 2.56 bits per heavy atom. The number of methoxy groups -OCH3 is 2. The lowest BCUT2D eigenvalue weighted by Gasteiger charge is -2.11. The first-order valence-corrected chi connectivity index (χ1v) is 8.20. The Morgan fingerprint density at radius 2 is 1.88 bits per heavy atom. The highest BCUT2D eigenvalue weighted by Gasteiger charge is 2.11. The molecule has 2 rings (SSSR count). The number of amides is 1. The molecular formula is C18H24N4O3. The Balaban J connectivity index is 2.18. The number of unbranched alkanes of at least 4 members (excludes halogenated alkanes) is 1. The summed E-state index contributed by atoms with van der Waals surface area (Å²) in [4.78, 5) is 20.8. The lowest BCUT2D eigenvalue weighted by Crippen LogP contribution is -2.25. The van der Waals surface area contributed by atoms with Crippen LogP contribution in [0.25, 0.3) is 0 Å². The Morgan fingerprint density at radius 1 is 1.12 bits per heavy atom. The van der Waals surface area contributed by atoms with Gasteiger partial charge in [0.2, 0.25) is 5.95 Å². The molecule has 0 atom stereocenters. The van der Waals surface area contributed by atoms with Crippen LogP contribution in [0.5, 0.6) is 11.5 Å². The van der Waals surface area contributed by atoms with Gasteiger partial charge in [-0.2, -0.15) is 0 Å². The van der Waals surface area contributed by atoms with Gasteiger partial charge in [-0.1, -0.05) is 13.3 Å². The van der Waals surface area contributed by atoms with Crippen LogP contribution in [-0.2, 0) is 0 Å². The number of benzene rings is 1. The molecule has 0 fully saturated rings. The fourth-order valence-electron chi connectivity index (χ4n) is 2.25. The molecule has 2 N–H and O–H groups in total. The predicted octanol–water partition coefficient (Wildman–Crippen LogP) is 3.08. The van der Waals surface area contributed by atoms with Crippen molar-refractivity contribution in [2.45, 2.75) is 26.7 Å². The standard InChI is InChI=1S/C18H24N4O3/c1-5-6-9-19-17(23)14-10-12(2)20-18(22-14)21-13-7-8-15(24-3)16(11-13)25-4/h7-8,10-11H,5-6,9H2,1-4H3,(H,19,23)(H,20,21,22). The average Bonchev–Trinajstić information content (AvgIpc) is 2.61. The first-order valence-electron chi connectivity index (χ1n) is 8.20. The second-order valence-corrected chi connectivity index (χ2v) is 5.52. The molecule has 7 nitrogen and oxygen atoms in total. The number of nitrogens with one attached hydrogen (secondary N) is 2. The lowest BCUT2D eigenvalue weighted by atomic mass is 10.2. The zero-order valence-corrected chi connectivity index (χ0v) is 15.0. The van der Waals surface area contributed by atoms with Crippen LogP contribution in [0.4, 0.5) is 11.6 Å². The number of rotatable bonds is 8. The van der Waals surface area contributed by atoms with Gasteiger partial charge in [-0.25, -0.2) is 9.97 Å². The third kappa shape index (κ3) is 5.07. The maximum absolute atomic E-state index is 12.2. The van der Waals surface area contributed by atoms with E-state index < -0.39 is 0 Å². The molecular weight excluding hydrogens is 320 g/mol. The van der Waals surface area contributed by atoms with Crippen molar-refractivity contribution >= 4 is 17.5 Å². The van der Waals surface area contributed by atoms with Crippen molar-refractivity contribution in [3.8, 4) is 11.5 Å². The van der Waals surface area contributed by atoms with Gasteiger partial charge in [0, 0.05) is 24.0 Å². The maximum Gasteiger partial charge on any atom is 0.270 e. The van der Waals surface area contributed by atoms with Gasteiger partial charge >= 0.3 is 0 Å². The minimum absolute atomic E-state index is 0.200. The predicted molar refractivity (Wildman–Crippen MR) is 96.8 cm³/mol. The van der Waals surface area contributed by atoms with Crippen molar-refractivity contribution in [3.05, 3.63) is 35.7 Å². The van der Waals surface area contributed by atoms with Crippen molar-refractivity contribution in [2.24, 2.45) is 0 Å². The summed E-state index contributed by atoms with van der Waals surface area (Å²) in [6.45, 7) is 4.53. The van der Waals surface area contributed by atoms with Crippen LogP contribution in [0.1, 0.15) is 35.9 Å². The van der Waals surface area contributed by atoms with E-state index >= 15 is 0 Å². The van der Waals surface area contributed by atoms with Crippen molar-refractivity contribution in [3.63, 3.8) is 0 Å². The quantitative estimate of drug-likeness (QED) is 0.716. The van der Waals surface area contributed by atoms with Gasteiger partial charge in [-0.15, -0.1) is 0 Å². The third-order valence-corrected chi connectivity index (χ3v) is 3.54. The van der Waals surface area contributed by atoms with Crippen LogP contribution in [0.15, 0.2) is 24.3 Å². The molecule has 1 aromatic heterocycles. The van der Waals surface area contributed by atoms with Crippen LogP contribution in [0, 0.1) is 6.92 Å². The number of aromatic nitrogens is 2. The normalized spacial score (nSPS) is 10.2. The molecule has 134 valence electrons. The highest BCUT2D eigenvalue weighted by Crippen LogP contribution is 2.30. The Hall–Kier alpha value is -2.83. The second-order valence-electron chi connectivity index (χ2n) is 5.52. The van der Waals surface area contributed by atoms with E-state index in [1.54, 1.807) is 32.4 Å². The van der Waals surface area contributed by atoms with Crippen LogP contribution in [0.3, 0.4) is 0 Å². The van der Waals surface area contributed by atoms with E-state index in [0.29, 0.717) is 35.4 Å². The fourth-order valence-corrected chi connectivity index (χ4v) is 2.25. The van der Waals surface area contributed by atoms with Crippen LogP contribution >= 0.6 is 0 Å². The number of hydrogen-bond acceptors (Lipinski definition) is 6. The van der Waals surface area contributed by atoms with Crippen molar-refractivity contribution in [1.82, 2.24) is 15.3 Å². The third-order valence-electron chi connectivity index (χ3n) is 3.54. The number of anilines is 2. The van der Waals surface area contributed by atoms with Gasteiger partial charge in [-0.05, 0) is 31.5 Å². The average molecular weight is 344 g/mol. The summed E-state index contributed by atoms with van der Waals surface area (Å²) in [6.07, 6.45) is 1.96.